The lowest BCUT2D eigenvalue weighted by Gasteiger charge is -2.20. The van der Waals surface area contributed by atoms with Crippen molar-refractivity contribution in [1.29, 1.82) is 0 Å². The van der Waals surface area contributed by atoms with E-state index < -0.39 is 18.2 Å². The Balaban J connectivity index is 1.10. The number of amides is 3. The van der Waals surface area contributed by atoms with Gasteiger partial charge >= 0.3 is 12.2 Å². The largest absolute Gasteiger partial charge is 0.449 e. The molecule has 0 radical (unpaired) electrons. The van der Waals surface area contributed by atoms with Crippen LogP contribution < -0.4 is 16.0 Å². The summed E-state index contributed by atoms with van der Waals surface area (Å²) in [5.41, 5.74) is 5.44. The molecule has 12 heteroatoms. The van der Waals surface area contributed by atoms with E-state index in [0.717, 1.165) is 27.8 Å². The van der Waals surface area contributed by atoms with Gasteiger partial charge in [-0.2, -0.15) is 0 Å². The Bertz CT molecular complexity index is 1380. The first-order valence-corrected chi connectivity index (χ1v) is 16.2. The molecule has 0 aliphatic heterocycles. The molecule has 1 aliphatic rings. The van der Waals surface area contributed by atoms with Crippen LogP contribution in [0.2, 0.25) is 0 Å². The van der Waals surface area contributed by atoms with Crippen molar-refractivity contribution in [2.45, 2.75) is 18.4 Å². The van der Waals surface area contributed by atoms with Gasteiger partial charge < -0.3 is 44.4 Å². The summed E-state index contributed by atoms with van der Waals surface area (Å²) in [6, 6.07) is 25.0. The van der Waals surface area contributed by atoms with E-state index in [1.807, 2.05) is 54.6 Å². The maximum Gasteiger partial charge on any atom is 0.407 e. The summed E-state index contributed by atoms with van der Waals surface area (Å²) in [5, 5.41) is 7.97. The molecule has 0 fully saturated rings. The van der Waals surface area contributed by atoms with Gasteiger partial charge in [0.2, 0.25) is 5.91 Å². The zero-order valence-corrected chi connectivity index (χ0v) is 27.3. The first kappa shape index (κ1) is 36.3. The van der Waals surface area contributed by atoms with Crippen LogP contribution in [0.25, 0.3) is 11.1 Å². The predicted molar refractivity (Wildman–Crippen MR) is 179 cm³/mol. The SMILES string of the molecule is CNC(=O)OCCOCCOCCOCCOCCNC(=O)[C@@H](Cc1ccccc1)NC(=O)OCC1c2ccccc2-c2ccccc21. The highest BCUT2D eigenvalue weighted by atomic mass is 16.6. The third-order valence-electron chi connectivity index (χ3n) is 7.56. The quantitative estimate of drug-likeness (QED) is 0.146. The second-order valence-corrected chi connectivity index (χ2v) is 10.8. The summed E-state index contributed by atoms with van der Waals surface area (Å²) in [4.78, 5) is 37.0. The maximum atomic E-state index is 13.1. The van der Waals surface area contributed by atoms with Crippen LogP contribution in [-0.2, 0) is 39.6 Å². The lowest BCUT2D eigenvalue weighted by molar-refractivity contribution is -0.123. The van der Waals surface area contributed by atoms with E-state index in [9.17, 15) is 14.4 Å². The van der Waals surface area contributed by atoms with Gasteiger partial charge in [-0.05, 0) is 27.8 Å². The highest BCUT2D eigenvalue weighted by molar-refractivity contribution is 5.86. The lowest BCUT2D eigenvalue weighted by Crippen LogP contribution is -2.49. The van der Waals surface area contributed by atoms with Gasteiger partial charge in [0.15, 0.2) is 0 Å². The van der Waals surface area contributed by atoms with E-state index in [4.69, 9.17) is 28.4 Å². The van der Waals surface area contributed by atoms with Gasteiger partial charge in [0, 0.05) is 25.9 Å². The van der Waals surface area contributed by atoms with Gasteiger partial charge in [-0.25, -0.2) is 9.59 Å². The number of alkyl carbamates (subject to hydrolysis) is 2. The van der Waals surface area contributed by atoms with Crippen molar-refractivity contribution in [1.82, 2.24) is 16.0 Å². The topological polar surface area (TPSA) is 143 Å². The molecule has 0 spiro atoms. The molecule has 0 bridgehead atoms. The van der Waals surface area contributed by atoms with E-state index in [1.165, 1.54) is 7.05 Å². The molecule has 3 amide bonds. The van der Waals surface area contributed by atoms with E-state index in [0.29, 0.717) is 52.7 Å². The molecule has 0 heterocycles. The Kier molecular flexibility index (Phi) is 15.7. The predicted octanol–water partition coefficient (Wildman–Crippen LogP) is 3.68. The Morgan fingerprint density at radius 2 is 1.15 bits per heavy atom. The van der Waals surface area contributed by atoms with Crippen molar-refractivity contribution in [3.05, 3.63) is 95.6 Å². The molecule has 3 aromatic carbocycles. The zero-order chi connectivity index (χ0) is 33.8. The molecule has 1 atom stereocenters. The van der Waals surface area contributed by atoms with Gasteiger partial charge in [0.1, 0.15) is 19.3 Å². The molecule has 1 aliphatic carbocycles. The first-order valence-electron chi connectivity index (χ1n) is 16.2. The van der Waals surface area contributed by atoms with Gasteiger partial charge in [-0.1, -0.05) is 78.9 Å². The molecule has 0 saturated heterocycles. The third-order valence-corrected chi connectivity index (χ3v) is 7.56. The fourth-order valence-corrected chi connectivity index (χ4v) is 5.24. The molecule has 0 unspecified atom stereocenters. The minimum absolute atomic E-state index is 0.0770. The van der Waals surface area contributed by atoms with E-state index in [-0.39, 0.29) is 38.2 Å². The number of carbonyl (C=O) groups is 3. The van der Waals surface area contributed by atoms with Gasteiger partial charge in [-0.15, -0.1) is 0 Å². The first-order chi connectivity index (χ1) is 23.6. The van der Waals surface area contributed by atoms with Gasteiger partial charge in [-0.3, -0.25) is 4.79 Å². The van der Waals surface area contributed by atoms with Crippen molar-refractivity contribution in [2.75, 3.05) is 79.7 Å². The van der Waals surface area contributed by atoms with Gasteiger partial charge in [0.25, 0.3) is 0 Å². The second kappa shape index (κ2) is 20.7. The molecular formula is C36H45N3O9. The monoisotopic (exact) mass is 663 g/mol. The maximum absolute atomic E-state index is 13.1. The number of nitrogens with one attached hydrogen (secondary N) is 3. The Morgan fingerprint density at radius 3 is 1.73 bits per heavy atom. The van der Waals surface area contributed by atoms with Crippen LogP contribution >= 0.6 is 0 Å². The summed E-state index contributed by atoms with van der Waals surface area (Å²) in [6.07, 6.45) is -0.828. The normalized spacial score (nSPS) is 12.4. The average Bonchev–Trinajstić information content (AvgIpc) is 3.43. The van der Waals surface area contributed by atoms with E-state index >= 15 is 0 Å². The van der Waals surface area contributed by atoms with Crippen molar-refractivity contribution in [3.63, 3.8) is 0 Å². The summed E-state index contributed by atoms with van der Waals surface area (Å²) in [5.74, 6) is -0.404. The molecule has 4 rings (SSSR count). The molecule has 48 heavy (non-hydrogen) atoms. The molecule has 0 aromatic heterocycles. The van der Waals surface area contributed by atoms with Crippen molar-refractivity contribution >= 4 is 18.1 Å². The van der Waals surface area contributed by atoms with E-state index in [1.54, 1.807) is 0 Å². The number of fused-ring (bicyclic) bond motifs is 3. The molecular weight excluding hydrogens is 618 g/mol. The fourth-order valence-electron chi connectivity index (χ4n) is 5.24. The third kappa shape index (κ3) is 11.9. The standard InChI is InChI=1S/C36H45N3O9/c1-37-35(41)47-24-23-46-22-21-45-20-19-44-18-17-43-16-15-38-34(40)33(25-27-9-3-2-4-10-27)39-36(42)48-26-32-30-13-7-5-11-28(30)29-12-6-8-14-31(29)32/h2-14,32-33H,15-26H2,1H3,(H,37,41)(H,38,40)(H,39,42)/t33-/m1/s1. The van der Waals surface area contributed by atoms with Crippen molar-refractivity contribution < 1.29 is 42.8 Å². The summed E-state index contributed by atoms with van der Waals surface area (Å²) in [7, 11) is 1.49. The molecule has 3 aromatic rings. The van der Waals surface area contributed by atoms with Crippen LogP contribution in [0.1, 0.15) is 22.6 Å². The number of hydrogen-bond donors (Lipinski definition) is 3. The highest BCUT2D eigenvalue weighted by Gasteiger charge is 2.30. The van der Waals surface area contributed by atoms with Gasteiger partial charge in [0.05, 0.1) is 52.9 Å². The van der Waals surface area contributed by atoms with E-state index in [2.05, 4.69) is 40.2 Å². The molecule has 258 valence electrons. The number of hydrogen-bond acceptors (Lipinski definition) is 9. The summed E-state index contributed by atoms with van der Waals surface area (Å²) < 4.78 is 32.3. The van der Waals surface area contributed by atoms with Crippen LogP contribution in [0.15, 0.2) is 78.9 Å². The van der Waals surface area contributed by atoms with Crippen LogP contribution in [0.3, 0.4) is 0 Å². The molecule has 12 nitrogen and oxygen atoms in total. The summed E-state index contributed by atoms with van der Waals surface area (Å²) >= 11 is 0. The Hall–Kier alpha value is -4.49. The second-order valence-electron chi connectivity index (χ2n) is 10.8. The number of benzene rings is 3. The smallest absolute Gasteiger partial charge is 0.407 e. The average molecular weight is 664 g/mol. The van der Waals surface area contributed by atoms with Crippen molar-refractivity contribution in [3.8, 4) is 11.1 Å². The molecule has 3 N–H and O–H groups in total. The van der Waals surface area contributed by atoms with Crippen LogP contribution in [0.4, 0.5) is 9.59 Å². The van der Waals surface area contributed by atoms with Crippen LogP contribution in [0.5, 0.6) is 0 Å². The highest BCUT2D eigenvalue weighted by Crippen LogP contribution is 2.44. The minimum atomic E-state index is -0.826. The zero-order valence-electron chi connectivity index (χ0n) is 27.3. The Morgan fingerprint density at radius 1 is 0.625 bits per heavy atom. The summed E-state index contributed by atoms with van der Waals surface area (Å²) in [6.45, 7) is 3.54. The number of rotatable bonds is 21. The minimum Gasteiger partial charge on any atom is -0.449 e. The fraction of sp³-hybridized carbons (Fsp3) is 0.417. The van der Waals surface area contributed by atoms with Crippen LogP contribution in [-0.4, -0.2) is 104 Å². The lowest BCUT2D eigenvalue weighted by atomic mass is 9.98. The molecule has 0 saturated carbocycles. The Labute approximate surface area is 281 Å². The van der Waals surface area contributed by atoms with Crippen LogP contribution in [0, 0.1) is 0 Å². The number of carbonyl (C=O) groups excluding carboxylic acids is 3. The number of ether oxygens (including phenoxy) is 6. The van der Waals surface area contributed by atoms with Crippen molar-refractivity contribution in [2.24, 2.45) is 0 Å².